The van der Waals surface area contributed by atoms with Gasteiger partial charge in [-0.25, -0.2) is 0 Å². The van der Waals surface area contributed by atoms with Crippen molar-refractivity contribution < 1.29 is 10.2 Å². The molecule has 2 nitrogen and oxygen atoms in total. The van der Waals surface area contributed by atoms with Crippen molar-refractivity contribution in [2.24, 2.45) is 0 Å². The maximum Gasteiger partial charge on any atom is 0.158 e. The highest BCUT2D eigenvalue weighted by Gasteiger charge is 2.02. The molecular weight excluding hydrogens is 176 g/mol. The Morgan fingerprint density at radius 1 is 0.929 bits per heavy atom. The smallest absolute Gasteiger partial charge is 0.158 e. The normalized spacial score (nSPS) is 10.6. The Bertz CT molecular complexity index is 475. The Hall–Kier alpha value is -1.70. The van der Waals surface area contributed by atoms with E-state index in [1.807, 2.05) is 18.2 Å². The van der Waals surface area contributed by atoms with Crippen LogP contribution in [0, 0.1) is 0 Å². The Morgan fingerprint density at radius 3 is 2.21 bits per heavy atom. The molecule has 2 rings (SSSR count). The zero-order valence-electron chi connectivity index (χ0n) is 7.99. The first-order valence-electron chi connectivity index (χ1n) is 4.65. The van der Waals surface area contributed by atoms with Gasteiger partial charge in [0.15, 0.2) is 11.5 Å². The summed E-state index contributed by atoms with van der Waals surface area (Å²) in [6, 6.07) is 9.16. The van der Waals surface area contributed by atoms with Crippen molar-refractivity contribution in [1.29, 1.82) is 0 Å². The fourth-order valence-corrected chi connectivity index (χ4v) is 1.54. The van der Waals surface area contributed by atoms with Gasteiger partial charge in [0.05, 0.1) is 0 Å². The third-order valence-corrected chi connectivity index (χ3v) is 2.41. The molecule has 0 spiro atoms. The maximum atomic E-state index is 9.33. The third kappa shape index (κ3) is 1.39. The second-order valence-corrected chi connectivity index (χ2v) is 3.38. The monoisotopic (exact) mass is 188 g/mol. The summed E-state index contributed by atoms with van der Waals surface area (Å²) < 4.78 is 0. The summed E-state index contributed by atoms with van der Waals surface area (Å²) in [4.78, 5) is 0. The van der Waals surface area contributed by atoms with E-state index >= 15 is 0 Å². The molecule has 0 saturated heterocycles. The lowest BCUT2D eigenvalue weighted by molar-refractivity contribution is 0.405. The number of aryl methyl sites for hydroxylation is 1. The number of hydrogen-bond acceptors (Lipinski definition) is 2. The molecule has 0 heterocycles. The minimum absolute atomic E-state index is 0.0641. The molecule has 2 N–H and O–H groups in total. The molecule has 0 unspecified atom stereocenters. The number of phenolic OH excluding ortho intramolecular Hbond substituents is 2. The van der Waals surface area contributed by atoms with Crippen molar-refractivity contribution in [2.45, 2.75) is 13.3 Å². The maximum absolute atomic E-state index is 9.33. The van der Waals surface area contributed by atoms with Gasteiger partial charge in [0.25, 0.3) is 0 Å². The Morgan fingerprint density at radius 2 is 1.57 bits per heavy atom. The van der Waals surface area contributed by atoms with Crippen LogP contribution in [0.2, 0.25) is 0 Å². The quantitative estimate of drug-likeness (QED) is 0.675. The van der Waals surface area contributed by atoms with Crippen LogP contribution >= 0.6 is 0 Å². The summed E-state index contributed by atoms with van der Waals surface area (Å²) in [6.45, 7) is 2.08. The molecule has 0 bridgehead atoms. The lowest BCUT2D eigenvalue weighted by Crippen LogP contribution is -1.80. The number of phenols is 2. The van der Waals surface area contributed by atoms with Crippen LogP contribution in [0.3, 0.4) is 0 Å². The first-order valence-corrected chi connectivity index (χ1v) is 4.65. The van der Waals surface area contributed by atoms with Gasteiger partial charge in [-0.15, -0.1) is 0 Å². The van der Waals surface area contributed by atoms with E-state index in [1.165, 1.54) is 5.56 Å². The largest absolute Gasteiger partial charge is 0.504 e. The first-order chi connectivity index (χ1) is 6.70. The molecule has 0 aliphatic heterocycles. The Balaban J connectivity index is 2.70. The summed E-state index contributed by atoms with van der Waals surface area (Å²) in [6.07, 6.45) is 0.970. The zero-order valence-corrected chi connectivity index (χ0v) is 7.99. The van der Waals surface area contributed by atoms with Crippen LogP contribution in [-0.2, 0) is 6.42 Å². The summed E-state index contributed by atoms with van der Waals surface area (Å²) in [5.41, 5.74) is 1.22. The van der Waals surface area contributed by atoms with Crippen molar-refractivity contribution in [3.8, 4) is 11.5 Å². The van der Waals surface area contributed by atoms with Crippen LogP contribution in [0.15, 0.2) is 30.3 Å². The number of aromatic hydroxyl groups is 2. The molecule has 0 radical (unpaired) electrons. The fraction of sp³-hybridized carbons (Fsp3) is 0.167. The lowest BCUT2D eigenvalue weighted by atomic mass is 10.0. The highest BCUT2D eigenvalue weighted by molar-refractivity contribution is 5.86. The second-order valence-electron chi connectivity index (χ2n) is 3.38. The minimum Gasteiger partial charge on any atom is -0.504 e. The van der Waals surface area contributed by atoms with Gasteiger partial charge >= 0.3 is 0 Å². The molecule has 0 atom stereocenters. The van der Waals surface area contributed by atoms with Crippen LogP contribution < -0.4 is 0 Å². The molecule has 0 amide bonds. The molecule has 0 aromatic heterocycles. The first kappa shape index (κ1) is 8.88. The lowest BCUT2D eigenvalue weighted by Gasteiger charge is -2.03. The highest BCUT2D eigenvalue weighted by atomic mass is 16.3. The van der Waals surface area contributed by atoms with Gasteiger partial charge in [0.2, 0.25) is 0 Å². The van der Waals surface area contributed by atoms with Gasteiger partial charge in [0, 0.05) is 0 Å². The van der Waals surface area contributed by atoms with Crippen molar-refractivity contribution in [3.63, 3.8) is 0 Å². The van der Waals surface area contributed by atoms with Crippen molar-refractivity contribution in [2.75, 3.05) is 0 Å². The molecule has 0 aliphatic rings. The van der Waals surface area contributed by atoms with Gasteiger partial charge in [-0.1, -0.05) is 25.1 Å². The molecule has 2 aromatic carbocycles. The number of rotatable bonds is 1. The van der Waals surface area contributed by atoms with Gasteiger partial charge in [-0.2, -0.15) is 0 Å². The van der Waals surface area contributed by atoms with Gasteiger partial charge in [0.1, 0.15) is 0 Å². The number of benzene rings is 2. The van der Waals surface area contributed by atoms with Crippen molar-refractivity contribution in [3.05, 3.63) is 35.9 Å². The molecule has 0 saturated carbocycles. The number of fused-ring (bicyclic) bond motifs is 1. The van der Waals surface area contributed by atoms with E-state index in [9.17, 15) is 10.2 Å². The van der Waals surface area contributed by atoms with Gasteiger partial charge in [-0.3, -0.25) is 0 Å². The van der Waals surface area contributed by atoms with E-state index in [0.29, 0.717) is 0 Å². The highest BCUT2D eigenvalue weighted by Crippen LogP contribution is 2.30. The van der Waals surface area contributed by atoms with Gasteiger partial charge < -0.3 is 10.2 Å². The van der Waals surface area contributed by atoms with E-state index in [4.69, 9.17) is 0 Å². The summed E-state index contributed by atoms with van der Waals surface area (Å²) in [5.74, 6) is -0.132. The van der Waals surface area contributed by atoms with Crippen molar-refractivity contribution >= 4 is 10.8 Å². The molecule has 14 heavy (non-hydrogen) atoms. The molecule has 2 aromatic rings. The molecule has 2 heteroatoms. The molecule has 0 aliphatic carbocycles. The van der Waals surface area contributed by atoms with E-state index in [0.717, 1.165) is 17.2 Å². The average Bonchev–Trinajstić information content (AvgIpc) is 2.19. The van der Waals surface area contributed by atoms with Crippen LogP contribution in [0.25, 0.3) is 10.8 Å². The standard InChI is InChI=1S/C12H12O2/c1-2-8-3-4-9-6-11(13)12(14)7-10(9)5-8/h3-7,13-14H,2H2,1H3. The molecule has 0 fully saturated rings. The predicted octanol–water partition coefficient (Wildman–Crippen LogP) is 2.81. The predicted molar refractivity (Wildman–Crippen MR) is 56.7 cm³/mol. The summed E-state index contributed by atoms with van der Waals surface area (Å²) in [5, 5.41) is 20.5. The minimum atomic E-state index is -0.0678. The van der Waals surface area contributed by atoms with Gasteiger partial charge in [-0.05, 0) is 34.9 Å². The van der Waals surface area contributed by atoms with E-state index in [-0.39, 0.29) is 11.5 Å². The zero-order chi connectivity index (χ0) is 10.1. The molecule has 72 valence electrons. The second kappa shape index (κ2) is 3.22. The van der Waals surface area contributed by atoms with E-state index in [2.05, 4.69) is 6.92 Å². The van der Waals surface area contributed by atoms with Crippen LogP contribution in [0.4, 0.5) is 0 Å². The molecular formula is C12H12O2. The number of hydrogen-bond donors (Lipinski definition) is 2. The van der Waals surface area contributed by atoms with Crippen LogP contribution in [0.1, 0.15) is 12.5 Å². The Kier molecular flexibility index (Phi) is 2.04. The van der Waals surface area contributed by atoms with E-state index in [1.54, 1.807) is 12.1 Å². The fourth-order valence-electron chi connectivity index (χ4n) is 1.54. The topological polar surface area (TPSA) is 40.5 Å². The third-order valence-electron chi connectivity index (χ3n) is 2.41. The van der Waals surface area contributed by atoms with Crippen LogP contribution in [0.5, 0.6) is 11.5 Å². The summed E-state index contributed by atoms with van der Waals surface area (Å²) >= 11 is 0. The van der Waals surface area contributed by atoms with E-state index < -0.39 is 0 Å². The van der Waals surface area contributed by atoms with Crippen molar-refractivity contribution in [1.82, 2.24) is 0 Å². The Labute approximate surface area is 82.4 Å². The summed E-state index contributed by atoms with van der Waals surface area (Å²) in [7, 11) is 0. The van der Waals surface area contributed by atoms with Crippen LogP contribution in [-0.4, -0.2) is 10.2 Å². The SMILES string of the molecule is CCc1ccc2cc(O)c(O)cc2c1. The average molecular weight is 188 g/mol.